The maximum absolute atomic E-state index is 12.0. The highest BCUT2D eigenvalue weighted by Crippen LogP contribution is 2.28. The van der Waals surface area contributed by atoms with E-state index in [9.17, 15) is 4.79 Å². The molecule has 0 aromatic carbocycles. The van der Waals surface area contributed by atoms with Gasteiger partial charge in [-0.3, -0.25) is 0 Å². The van der Waals surface area contributed by atoms with Crippen LogP contribution in [-0.4, -0.2) is 55.2 Å². The number of carbonyl (C=O) groups excluding carboxylic acids is 1. The SMILES string of the molecule is CC(C)(C)OC(=O)N1CCOC(N)(C2COC2)C1. The predicted octanol–water partition coefficient (Wildman–Crippen LogP) is 0.555. The van der Waals surface area contributed by atoms with Crippen LogP contribution in [-0.2, 0) is 14.2 Å². The molecule has 2 aliphatic heterocycles. The zero-order valence-corrected chi connectivity index (χ0v) is 11.3. The summed E-state index contributed by atoms with van der Waals surface area (Å²) in [5.74, 6) is 0.155. The second-order valence-electron chi connectivity index (χ2n) is 5.94. The average Bonchev–Trinajstić information content (AvgIpc) is 2.11. The molecule has 0 aliphatic carbocycles. The Bertz CT molecular complexity index is 325. The summed E-state index contributed by atoms with van der Waals surface area (Å²) in [5.41, 5.74) is 4.91. The van der Waals surface area contributed by atoms with Gasteiger partial charge in [-0.2, -0.15) is 0 Å². The molecule has 0 bridgehead atoms. The third-order valence-corrected chi connectivity index (χ3v) is 3.15. The molecule has 0 spiro atoms. The number of hydrogen-bond donors (Lipinski definition) is 1. The lowest BCUT2D eigenvalue weighted by Gasteiger charge is -2.47. The topological polar surface area (TPSA) is 74.0 Å². The number of nitrogens with two attached hydrogens (primary N) is 1. The minimum atomic E-state index is -0.798. The van der Waals surface area contributed by atoms with Crippen molar-refractivity contribution in [2.24, 2.45) is 11.7 Å². The third-order valence-electron chi connectivity index (χ3n) is 3.15. The molecule has 18 heavy (non-hydrogen) atoms. The van der Waals surface area contributed by atoms with E-state index < -0.39 is 11.3 Å². The fourth-order valence-corrected chi connectivity index (χ4v) is 2.02. The molecule has 1 atom stereocenters. The van der Waals surface area contributed by atoms with Crippen LogP contribution in [0.25, 0.3) is 0 Å². The van der Waals surface area contributed by atoms with Crippen molar-refractivity contribution < 1.29 is 19.0 Å². The first-order valence-corrected chi connectivity index (χ1v) is 6.29. The van der Waals surface area contributed by atoms with Gasteiger partial charge in [0.25, 0.3) is 0 Å². The molecular formula is C12H22N2O4. The Morgan fingerprint density at radius 1 is 1.44 bits per heavy atom. The Labute approximate surface area is 107 Å². The molecule has 104 valence electrons. The number of carbonyl (C=O) groups is 1. The third kappa shape index (κ3) is 2.93. The van der Waals surface area contributed by atoms with Crippen LogP contribution in [0, 0.1) is 5.92 Å². The van der Waals surface area contributed by atoms with Gasteiger partial charge < -0.3 is 24.8 Å². The quantitative estimate of drug-likeness (QED) is 0.743. The van der Waals surface area contributed by atoms with Crippen molar-refractivity contribution in [3.05, 3.63) is 0 Å². The van der Waals surface area contributed by atoms with E-state index in [1.165, 1.54) is 0 Å². The normalized spacial score (nSPS) is 29.9. The van der Waals surface area contributed by atoms with Gasteiger partial charge in [-0.25, -0.2) is 4.79 Å². The van der Waals surface area contributed by atoms with Gasteiger partial charge in [0, 0.05) is 12.5 Å². The van der Waals surface area contributed by atoms with Crippen molar-refractivity contribution in [3.8, 4) is 0 Å². The average molecular weight is 258 g/mol. The van der Waals surface area contributed by atoms with Crippen LogP contribution in [0.1, 0.15) is 20.8 Å². The first kappa shape index (κ1) is 13.6. The largest absolute Gasteiger partial charge is 0.444 e. The molecule has 2 aliphatic rings. The Hall–Kier alpha value is -0.850. The molecule has 0 aromatic heterocycles. The molecule has 2 rings (SSSR count). The van der Waals surface area contributed by atoms with Crippen LogP contribution in [0.15, 0.2) is 0 Å². The van der Waals surface area contributed by atoms with E-state index in [2.05, 4.69) is 0 Å². The van der Waals surface area contributed by atoms with Crippen molar-refractivity contribution in [1.82, 2.24) is 4.90 Å². The lowest BCUT2D eigenvalue weighted by Crippen LogP contribution is -2.66. The highest BCUT2D eigenvalue weighted by molar-refractivity contribution is 5.68. The van der Waals surface area contributed by atoms with Crippen LogP contribution in [0.5, 0.6) is 0 Å². The van der Waals surface area contributed by atoms with Gasteiger partial charge in [-0.15, -0.1) is 0 Å². The molecule has 0 saturated carbocycles. The van der Waals surface area contributed by atoms with E-state index >= 15 is 0 Å². The minimum Gasteiger partial charge on any atom is -0.444 e. The Morgan fingerprint density at radius 2 is 2.11 bits per heavy atom. The number of morpholine rings is 1. The summed E-state index contributed by atoms with van der Waals surface area (Å²) in [6.45, 7) is 8.05. The maximum Gasteiger partial charge on any atom is 0.410 e. The molecule has 0 aromatic rings. The number of ether oxygens (including phenoxy) is 3. The standard InChI is InChI=1S/C12H22N2O4/c1-11(2,3)18-10(15)14-4-5-17-12(13,8-14)9-6-16-7-9/h9H,4-8,13H2,1-3H3. The van der Waals surface area contributed by atoms with Gasteiger partial charge >= 0.3 is 6.09 Å². The van der Waals surface area contributed by atoms with E-state index in [0.29, 0.717) is 32.9 Å². The van der Waals surface area contributed by atoms with Gasteiger partial charge in [-0.05, 0) is 20.8 Å². The first-order valence-electron chi connectivity index (χ1n) is 6.29. The molecule has 1 amide bonds. The molecule has 6 heteroatoms. The molecule has 1 unspecified atom stereocenters. The molecule has 0 radical (unpaired) electrons. The lowest BCUT2D eigenvalue weighted by atomic mass is 9.93. The van der Waals surface area contributed by atoms with Crippen molar-refractivity contribution in [1.29, 1.82) is 0 Å². The van der Waals surface area contributed by atoms with Crippen LogP contribution >= 0.6 is 0 Å². The highest BCUT2D eigenvalue weighted by atomic mass is 16.6. The van der Waals surface area contributed by atoms with Crippen molar-refractivity contribution >= 4 is 6.09 Å². The summed E-state index contributed by atoms with van der Waals surface area (Å²) in [4.78, 5) is 13.6. The van der Waals surface area contributed by atoms with Crippen molar-refractivity contribution in [2.75, 3.05) is 32.9 Å². The fraction of sp³-hybridized carbons (Fsp3) is 0.917. The minimum absolute atomic E-state index is 0.155. The van der Waals surface area contributed by atoms with Gasteiger partial charge in [-0.1, -0.05) is 0 Å². The van der Waals surface area contributed by atoms with E-state index in [1.54, 1.807) is 4.90 Å². The van der Waals surface area contributed by atoms with Gasteiger partial charge in [0.2, 0.25) is 0 Å². The Kier molecular flexibility index (Phi) is 3.53. The van der Waals surface area contributed by atoms with E-state index in [0.717, 1.165) is 0 Å². The van der Waals surface area contributed by atoms with Crippen LogP contribution in [0.4, 0.5) is 4.79 Å². The van der Waals surface area contributed by atoms with Crippen LogP contribution < -0.4 is 5.73 Å². The van der Waals surface area contributed by atoms with Crippen LogP contribution in [0.3, 0.4) is 0 Å². The smallest absolute Gasteiger partial charge is 0.410 e. The van der Waals surface area contributed by atoms with Gasteiger partial charge in [0.1, 0.15) is 11.3 Å². The second-order valence-corrected chi connectivity index (χ2v) is 5.94. The van der Waals surface area contributed by atoms with Gasteiger partial charge in [0.15, 0.2) is 0 Å². The number of rotatable bonds is 1. The predicted molar refractivity (Wildman–Crippen MR) is 65.0 cm³/mol. The second kappa shape index (κ2) is 4.68. The summed E-state index contributed by atoms with van der Waals surface area (Å²) in [7, 11) is 0. The Balaban J connectivity index is 1.95. The molecule has 6 nitrogen and oxygen atoms in total. The van der Waals surface area contributed by atoms with Crippen LogP contribution in [0.2, 0.25) is 0 Å². The van der Waals surface area contributed by atoms with Crippen molar-refractivity contribution in [3.63, 3.8) is 0 Å². The highest BCUT2D eigenvalue weighted by Gasteiger charge is 2.45. The molecular weight excluding hydrogens is 236 g/mol. The summed E-state index contributed by atoms with van der Waals surface area (Å²) in [5, 5.41) is 0. The molecule has 2 saturated heterocycles. The van der Waals surface area contributed by atoms with Crippen molar-refractivity contribution in [2.45, 2.75) is 32.1 Å². The molecule has 2 heterocycles. The summed E-state index contributed by atoms with van der Waals surface area (Å²) >= 11 is 0. The zero-order chi connectivity index (χ0) is 13.4. The summed E-state index contributed by atoms with van der Waals surface area (Å²) < 4.78 is 16.1. The van der Waals surface area contributed by atoms with E-state index in [-0.39, 0.29) is 12.0 Å². The number of hydrogen-bond acceptors (Lipinski definition) is 5. The summed E-state index contributed by atoms with van der Waals surface area (Å²) in [6.07, 6.45) is -0.333. The zero-order valence-electron chi connectivity index (χ0n) is 11.3. The van der Waals surface area contributed by atoms with Gasteiger partial charge in [0.05, 0.1) is 26.4 Å². The van der Waals surface area contributed by atoms with E-state index in [4.69, 9.17) is 19.9 Å². The lowest BCUT2D eigenvalue weighted by molar-refractivity contribution is -0.198. The Morgan fingerprint density at radius 3 is 2.61 bits per heavy atom. The monoisotopic (exact) mass is 258 g/mol. The fourth-order valence-electron chi connectivity index (χ4n) is 2.02. The number of amides is 1. The first-order chi connectivity index (χ1) is 8.30. The molecule has 2 N–H and O–H groups in total. The maximum atomic E-state index is 12.0. The van der Waals surface area contributed by atoms with E-state index in [1.807, 2.05) is 20.8 Å². The summed E-state index contributed by atoms with van der Waals surface area (Å²) in [6, 6.07) is 0. The molecule has 2 fully saturated rings. The number of nitrogens with zero attached hydrogens (tertiary/aromatic N) is 1.